The van der Waals surface area contributed by atoms with E-state index in [1.807, 2.05) is 0 Å². The molecule has 7 heteroatoms. The van der Waals surface area contributed by atoms with Crippen LogP contribution in [-0.2, 0) is 10.0 Å². The van der Waals surface area contributed by atoms with E-state index in [-0.39, 0.29) is 16.8 Å². The van der Waals surface area contributed by atoms with Gasteiger partial charge in [-0.05, 0) is 37.3 Å². The number of fused-ring (bicyclic) bond motifs is 1. The molecule has 2 atom stereocenters. The first-order valence-corrected chi connectivity index (χ1v) is 8.52. The number of nitrogens with two attached hydrogens (primary N) is 1. The summed E-state index contributed by atoms with van der Waals surface area (Å²) in [6.45, 7) is 0.608. The maximum Gasteiger partial charge on any atom is 0.247 e. The maximum atomic E-state index is 12.9. The fraction of sp³-hybridized carbons (Fsp3) is 0.615. The SMILES string of the molecule is NNc1ncccc1S(=O)(=O)N1CCC2CCCCC21. The average molecular weight is 296 g/mol. The molecular weight excluding hydrogens is 276 g/mol. The molecule has 1 saturated carbocycles. The summed E-state index contributed by atoms with van der Waals surface area (Å²) in [6.07, 6.45) is 6.94. The second-order valence-electron chi connectivity index (χ2n) is 5.51. The highest BCUT2D eigenvalue weighted by Crippen LogP contribution is 2.39. The lowest BCUT2D eigenvalue weighted by Gasteiger charge is -2.31. The van der Waals surface area contributed by atoms with Crippen LogP contribution in [0.1, 0.15) is 32.1 Å². The smallest absolute Gasteiger partial charge is 0.247 e. The third-order valence-electron chi connectivity index (χ3n) is 4.45. The Labute approximate surface area is 119 Å². The molecule has 0 spiro atoms. The first kappa shape index (κ1) is 13.8. The summed E-state index contributed by atoms with van der Waals surface area (Å²) in [5, 5.41) is 0. The Morgan fingerprint density at radius 3 is 2.90 bits per heavy atom. The summed E-state index contributed by atoms with van der Waals surface area (Å²) in [5.41, 5.74) is 2.38. The topological polar surface area (TPSA) is 88.3 Å². The molecule has 1 aliphatic heterocycles. The molecule has 1 saturated heterocycles. The van der Waals surface area contributed by atoms with Gasteiger partial charge in [0.25, 0.3) is 0 Å². The fourth-order valence-electron chi connectivity index (χ4n) is 3.49. The van der Waals surface area contributed by atoms with Gasteiger partial charge in [0.2, 0.25) is 10.0 Å². The largest absolute Gasteiger partial charge is 0.307 e. The van der Waals surface area contributed by atoms with Crippen molar-refractivity contribution in [3.8, 4) is 0 Å². The summed E-state index contributed by atoms with van der Waals surface area (Å²) in [6, 6.07) is 3.34. The summed E-state index contributed by atoms with van der Waals surface area (Å²) in [4.78, 5) is 4.17. The number of nitrogens with one attached hydrogen (secondary N) is 1. The number of hydrogen-bond acceptors (Lipinski definition) is 5. The van der Waals surface area contributed by atoms with Gasteiger partial charge in [0, 0.05) is 18.8 Å². The minimum absolute atomic E-state index is 0.152. The van der Waals surface area contributed by atoms with Crippen molar-refractivity contribution in [1.82, 2.24) is 9.29 Å². The van der Waals surface area contributed by atoms with Crippen molar-refractivity contribution >= 4 is 15.8 Å². The Balaban J connectivity index is 1.96. The second kappa shape index (κ2) is 5.31. The highest BCUT2D eigenvalue weighted by Gasteiger charge is 2.43. The van der Waals surface area contributed by atoms with Gasteiger partial charge >= 0.3 is 0 Å². The number of hydrazine groups is 1. The molecule has 0 aromatic carbocycles. The molecule has 0 bridgehead atoms. The van der Waals surface area contributed by atoms with E-state index in [4.69, 9.17) is 5.84 Å². The lowest BCUT2D eigenvalue weighted by molar-refractivity contribution is 0.260. The monoisotopic (exact) mass is 296 g/mol. The highest BCUT2D eigenvalue weighted by atomic mass is 32.2. The molecule has 2 heterocycles. The van der Waals surface area contributed by atoms with E-state index in [9.17, 15) is 8.42 Å². The predicted octanol–water partition coefficient (Wildman–Crippen LogP) is 1.32. The van der Waals surface area contributed by atoms with Crippen molar-refractivity contribution in [2.75, 3.05) is 12.0 Å². The van der Waals surface area contributed by atoms with Crippen LogP contribution in [-0.4, -0.2) is 30.3 Å². The number of nitrogen functional groups attached to an aromatic ring is 1. The first-order chi connectivity index (χ1) is 9.64. The van der Waals surface area contributed by atoms with Crippen molar-refractivity contribution in [2.24, 2.45) is 11.8 Å². The van der Waals surface area contributed by atoms with Crippen molar-refractivity contribution in [1.29, 1.82) is 0 Å². The number of pyridine rings is 1. The van der Waals surface area contributed by atoms with Crippen LogP contribution < -0.4 is 11.3 Å². The van der Waals surface area contributed by atoms with Crippen LogP contribution in [0.4, 0.5) is 5.82 Å². The quantitative estimate of drug-likeness (QED) is 0.649. The minimum Gasteiger partial charge on any atom is -0.307 e. The van der Waals surface area contributed by atoms with Crippen molar-refractivity contribution < 1.29 is 8.42 Å². The Kier molecular flexibility index (Phi) is 3.66. The molecule has 0 radical (unpaired) electrons. The zero-order valence-electron chi connectivity index (χ0n) is 11.3. The molecule has 110 valence electrons. The van der Waals surface area contributed by atoms with E-state index in [0.29, 0.717) is 12.5 Å². The third kappa shape index (κ3) is 2.19. The van der Waals surface area contributed by atoms with Crippen LogP contribution in [0, 0.1) is 5.92 Å². The molecule has 3 rings (SSSR count). The molecule has 1 aromatic rings. The maximum absolute atomic E-state index is 12.9. The van der Waals surface area contributed by atoms with Gasteiger partial charge in [-0.25, -0.2) is 19.2 Å². The summed E-state index contributed by atoms with van der Waals surface area (Å²) in [7, 11) is -3.52. The van der Waals surface area contributed by atoms with Gasteiger partial charge in [0.1, 0.15) is 4.90 Å². The third-order valence-corrected chi connectivity index (χ3v) is 6.41. The van der Waals surface area contributed by atoms with Crippen LogP contribution >= 0.6 is 0 Å². The minimum atomic E-state index is -3.52. The molecule has 2 unspecified atom stereocenters. The van der Waals surface area contributed by atoms with E-state index in [1.54, 1.807) is 16.4 Å². The van der Waals surface area contributed by atoms with Crippen LogP contribution in [0.2, 0.25) is 0 Å². The zero-order valence-corrected chi connectivity index (χ0v) is 12.1. The van der Waals surface area contributed by atoms with Gasteiger partial charge in [-0.2, -0.15) is 4.31 Å². The molecule has 0 amide bonds. The molecule has 1 aromatic heterocycles. The Bertz CT molecular complexity index is 590. The molecule has 6 nitrogen and oxygen atoms in total. The normalized spacial score (nSPS) is 27.2. The highest BCUT2D eigenvalue weighted by molar-refractivity contribution is 7.89. The number of nitrogens with zero attached hydrogens (tertiary/aromatic N) is 2. The van der Waals surface area contributed by atoms with Gasteiger partial charge in [0.15, 0.2) is 5.82 Å². The van der Waals surface area contributed by atoms with Crippen LogP contribution in [0.15, 0.2) is 23.2 Å². The van der Waals surface area contributed by atoms with Crippen LogP contribution in [0.25, 0.3) is 0 Å². The molecule has 3 N–H and O–H groups in total. The van der Waals surface area contributed by atoms with Gasteiger partial charge in [-0.1, -0.05) is 12.8 Å². The van der Waals surface area contributed by atoms with Crippen LogP contribution in [0.3, 0.4) is 0 Å². The lowest BCUT2D eigenvalue weighted by Crippen LogP contribution is -2.39. The Morgan fingerprint density at radius 2 is 2.10 bits per heavy atom. The van der Waals surface area contributed by atoms with Crippen molar-refractivity contribution in [3.05, 3.63) is 18.3 Å². The molecule has 2 aliphatic rings. The second-order valence-corrected chi connectivity index (χ2v) is 7.37. The molecule has 1 aliphatic carbocycles. The van der Waals surface area contributed by atoms with Crippen molar-refractivity contribution in [2.45, 2.75) is 43.0 Å². The molecule has 20 heavy (non-hydrogen) atoms. The van der Waals surface area contributed by atoms with Gasteiger partial charge < -0.3 is 5.43 Å². The van der Waals surface area contributed by atoms with Crippen LogP contribution in [0.5, 0.6) is 0 Å². The lowest BCUT2D eigenvalue weighted by atomic mass is 9.86. The first-order valence-electron chi connectivity index (χ1n) is 7.08. The van der Waals surface area contributed by atoms with Gasteiger partial charge in [0.05, 0.1) is 0 Å². The van der Waals surface area contributed by atoms with E-state index in [0.717, 1.165) is 25.7 Å². The molecular formula is C13H20N4O2S. The number of aromatic nitrogens is 1. The number of sulfonamides is 1. The van der Waals surface area contributed by atoms with Crippen molar-refractivity contribution in [3.63, 3.8) is 0 Å². The number of hydrogen-bond donors (Lipinski definition) is 2. The van der Waals surface area contributed by atoms with E-state index >= 15 is 0 Å². The fourth-order valence-corrected chi connectivity index (χ4v) is 5.33. The number of rotatable bonds is 3. The summed E-state index contributed by atoms with van der Waals surface area (Å²) in [5.74, 6) is 6.11. The van der Waals surface area contributed by atoms with Gasteiger partial charge in [-0.15, -0.1) is 0 Å². The standard InChI is InChI=1S/C13H20N4O2S/c14-16-13-12(6-3-8-15-13)20(18,19)17-9-7-10-4-1-2-5-11(10)17/h3,6,8,10-11H,1-2,4-5,7,9,14H2,(H,15,16). The summed E-state index contributed by atoms with van der Waals surface area (Å²) < 4.78 is 27.4. The summed E-state index contributed by atoms with van der Waals surface area (Å²) >= 11 is 0. The Hall–Kier alpha value is -1.18. The zero-order chi connectivity index (χ0) is 14.2. The van der Waals surface area contributed by atoms with E-state index in [1.165, 1.54) is 12.6 Å². The van der Waals surface area contributed by atoms with Gasteiger partial charge in [-0.3, -0.25) is 0 Å². The van der Waals surface area contributed by atoms with E-state index < -0.39 is 10.0 Å². The van der Waals surface area contributed by atoms with E-state index in [2.05, 4.69) is 10.4 Å². The molecule has 2 fully saturated rings. The average Bonchev–Trinajstić information content (AvgIpc) is 2.92. The Morgan fingerprint density at radius 1 is 1.30 bits per heavy atom. The number of anilines is 1. The predicted molar refractivity (Wildman–Crippen MR) is 76.3 cm³/mol.